The van der Waals surface area contributed by atoms with E-state index in [0.29, 0.717) is 49.1 Å². The molecule has 2 heterocycles. The lowest BCUT2D eigenvalue weighted by Gasteiger charge is -2.35. The highest BCUT2D eigenvalue weighted by atomic mass is 16.6. The highest BCUT2D eigenvalue weighted by Crippen LogP contribution is 2.40. The fourth-order valence-corrected chi connectivity index (χ4v) is 2.92. The van der Waals surface area contributed by atoms with Crippen LogP contribution in [0.3, 0.4) is 0 Å². The average Bonchev–Trinajstić information content (AvgIpc) is 2.52. The van der Waals surface area contributed by atoms with E-state index in [4.69, 9.17) is 18.9 Å². The number of carbonyl (C=O) groups is 1. The molecule has 0 radical (unpaired) electrons. The van der Waals surface area contributed by atoms with Gasteiger partial charge in [-0.05, 0) is 26.0 Å². The molecule has 0 saturated carbocycles. The molecule has 1 saturated heterocycles. The molecule has 2 aliphatic heterocycles. The summed E-state index contributed by atoms with van der Waals surface area (Å²) < 4.78 is 22.2. The van der Waals surface area contributed by atoms with E-state index < -0.39 is 0 Å². The molecule has 0 bridgehead atoms. The Labute approximate surface area is 129 Å². The molecule has 3 rings (SSSR count). The second kappa shape index (κ2) is 6.04. The molecule has 2 atom stereocenters. The minimum absolute atomic E-state index is 0.0341. The van der Waals surface area contributed by atoms with E-state index in [2.05, 4.69) is 0 Å². The number of carbonyl (C=O) groups excluding carboxylic acids is 1. The number of rotatable bonds is 2. The number of morpholine rings is 1. The van der Waals surface area contributed by atoms with E-state index in [1.807, 2.05) is 18.7 Å². The minimum Gasteiger partial charge on any atom is -0.493 e. The predicted octanol–water partition coefficient (Wildman–Crippen LogP) is 1.72. The average molecular weight is 307 g/mol. The Morgan fingerprint density at radius 2 is 1.86 bits per heavy atom. The van der Waals surface area contributed by atoms with Gasteiger partial charge in [0.05, 0.1) is 19.3 Å². The SMILES string of the molecule is COc1cc(C(=O)N2CC(C)OC(C)C2)cc2c1OCCO2. The van der Waals surface area contributed by atoms with Crippen LogP contribution in [-0.2, 0) is 4.74 Å². The summed E-state index contributed by atoms with van der Waals surface area (Å²) in [5, 5.41) is 0. The summed E-state index contributed by atoms with van der Waals surface area (Å²) in [7, 11) is 1.56. The summed E-state index contributed by atoms with van der Waals surface area (Å²) in [5.41, 5.74) is 0.544. The summed E-state index contributed by atoms with van der Waals surface area (Å²) in [6, 6.07) is 3.44. The highest BCUT2D eigenvalue weighted by Gasteiger charge is 2.28. The molecule has 120 valence electrons. The Balaban J connectivity index is 1.89. The molecule has 0 spiro atoms. The van der Waals surface area contributed by atoms with Crippen molar-refractivity contribution >= 4 is 5.91 Å². The number of amides is 1. The van der Waals surface area contributed by atoms with Gasteiger partial charge in [0.1, 0.15) is 13.2 Å². The van der Waals surface area contributed by atoms with Crippen molar-refractivity contribution in [3.8, 4) is 17.2 Å². The maximum absolute atomic E-state index is 12.8. The maximum atomic E-state index is 12.8. The Bertz CT molecular complexity index is 547. The molecule has 2 aliphatic rings. The van der Waals surface area contributed by atoms with Crippen LogP contribution in [0.15, 0.2) is 12.1 Å². The van der Waals surface area contributed by atoms with Crippen LogP contribution in [0.25, 0.3) is 0 Å². The molecule has 1 aromatic rings. The summed E-state index contributed by atoms with van der Waals surface area (Å²) in [5.74, 6) is 1.60. The van der Waals surface area contributed by atoms with Crippen LogP contribution in [0.2, 0.25) is 0 Å². The standard InChI is InChI=1S/C16H21NO5/c1-10-8-17(9-11(2)22-10)16(18)12-6-13(19-3)15-14(7-12)20-4-5-21-15/h6-7,10-11H,4-5,8-9H2,1-3H3. The van der Waals surface area contributed by atoms with Gasteiger partial charge in [0.25, 0.3) is 5.91 Å². The molecule has 1 fully saturated rings. The van der Waals surface area contributed by atoms with Gasteiger partial charge in [-0.15, -0.1) is 0 Å². The number of hydrogen-bond donors (Lipinski definition) is 0. The number of hydrogen-bond acceptors (Lipinski definition) is 5. The van der Waals surface area contributed by atoms with Gasteiger partial charge in [-0.1, -0.05) is 0 Å². The molecule has 6 heteroatoms. The van der Waals surface area contributed by atoms with Gasteiger partial charge in [-0.2, -0.15) is 0 Å². The van der Waals surface area contributed by atoms with Crippen LogP contribution >= 0.6 is 0 Å². The van der Waals surface area contributed by atoms with Crippen molar-refractivity contribution in [3.63, 3.8) is 0 Å². The topological polar surface area (TPSA) is 57.2 Å². The van der Waals surface area contributed by atoms with Gasteiger partial charge in [-0.3, -0.25) is 4.79 Å². The first-order chi connectivity index (χ1) is 10.6. The molecular formula is C16H21NO5. The summed E-state index contributed by atoms with van der Waals surface area (Å²) >= 11 is 0. The lowest BCUT2D eigenvalue weighted by atomic mass is 10.1. The van der Waals surface area contributed by atoms with E-state index in [1.165, 1.54) is 0 Å². The first-order valence-corrected chi connectivity index (χ1v) is 7.51. The van der Waals surface area contributed by atoms with Crippen LogP contribution in [0, 0.1) is 0 Å². The number of fused-ring (bicyclic) bond motifs is 1. The lowest BCUT2D eigenvalue weighted by Crippen LogP contribution is -2.48. The zero-order valence-electron chi connectivity index (χ0n) is 13.1. The molecule has 22 heavy (non-hydrogen) atoms. The fraction of sp³-hybridized carbons (Fsp3) is 0.562. The zero-order valence-corrected chi connectivity index (χ0v) is 13.1. The van der Waals surface area contributed by atoms with Crippen molar-refractivity contribution < 1.29 is 23.7 Å². The molecule has 2 unspecified atom stereocenters. The van der Waals surface area contributed by atoms with Crippen molar-refractivity contribution in [2.24, 2.45) is 0 Å². The summed E-state index contributed by atoms with van der Waals surface area (Å²) in [4.78, 5) is 14.6. The summed E-state index contributed by atoms with van der Waals surface area (Å²) in [6.45, 7) is 6.06. The van der Waals surface area contributed by atoms with Gasteiger partial charge in [0.2, 0.25) is 5.75 Å². The molecule has 0 N–H and O–H groups in total. The summed E-state index contributed by atoms with van der Waals surface area (Å²) in [6.07, 6.45) is 0.0682. The first kappa shape index (κ1) is 15.0. The second-order valence-corrected chi connectivity index (χ2v) is 5.67. The van der Waals surface area contributed by atoms with Crippen LogP contribution in [-0.4, -0.2) is 56.4 Å². The number of nitrogens with zero attached hydrogens (tertiary/aromatic N) is 1. The zero-order chi connectivity index (χ0) is 15.7. The van der Waals surface area contributed by atoms with Crippen LogP contribution in [0.4, 0.5) is 0 Å². The monoisotopic (exact) mass is 307 g/mol. The molecule has 1 amide bonds. The van der Waals surface area contributed by atoms with Crippen LogP contribution < -0.4 is 14.2 Å². The maximum Gasteiger partial charge on any atom is 0.254 e. The van der Waals surface area contributed by atoms with Crippen LogP contribution in [0.1, 0.15) is 24.2 Å². The minimum atomic E-state index is -0.0442. The molecule has 0 aromatic heterocycles. The smallest absolute Gasteiger partial charge is 0.254 e. The number of benzene rings is 1. The Morgan fingerprint density at radius 3 is 2.55 bits per heavy atom. The van der Waals surface area contributed by atoms with Gasteiger partial charge in [0, 0.05) is 18.7 Å². The number of ether oxygens (including phenoxy) is 4. The van der Waals surface area contributed by atoms with Gasteiger partial charge >= 0.3 is 0 Å². The third-order valence-electron chi connectivity index (χ3n) is 3.78. The van der Waals surface area contributed by atoms with Crippen molar-refractivity contribution in [2.75, 3.05) is 33.4 Å². The third kappa shape index (κ3) is 2.83. The Kier molecular flexibility index (Phi) is 4.11. The van der Waals surface area contributed by atoms with Gasteiger partial charge in [0.15, 0.2) is 11.5 Å². The van der Waals surface area contributed by atoms with E-state index in [0.717, 1.165) is 0 Å². The Hall–Kier alpha value is -1.95. The van der Waals surface area contributed by atoms with Crippen LogP contribution in [0.5, 0.6) is 17.2 Å². The van der Waals surface area contributed by atoms with E-state index in [-0.39, 0.29) is 18.1 Å². The third-order valence-corrected chi connectivity index (χ3v) is 3.78. The van der Waals surface area contributed by atoms with Crippen molar-refractivity contribution in [3.05, 3.63) is 17.7 Å². The highest BCUT2D eigenvalue weighted by molar-refractivity contribution is 5.95. The van der Waals surface area contributed by atoms with E-state index in [9.17, 15) is 4.79 Å². The van der Waals surface area contributed by atoms with Crippen molar-refractivity contribution in [1.82, 2.24) is 4.90 Å². The fourth-order valence-electron chi connectivity index (χ4n) is 2.92. The second-order valence-electron chi connectivity index (χ2n) is 5.67. The number of methoxy groups -OCH3 is 1. The predicted molar refractivity (Wildman–Crippen MR) is 79.9 cm³/mol. The quantitative estimate of drug-likeness (QED) is 0.832. The Morgan fingerprint density at radius 1 is 1.18 bits per heavy atom. The molecular weight excluding hydrogens is 286 g/mol. The molecule has 6 nitrogen and oxygen atoms in total. The van der Waals surface area contributed by atoms with Gasteiger partial charge in [-0.25, -0.2) is 0 Å². The van der Waals surface area contributed by atoms with E-state index >= 15 is 0 Å². The first-order valence-electron chi connectivity index (χ1n) is 7.51. The van der Waals surface area contributed by atoms with E-state index in [1.54, 1.807) is 19.2 Å². The molecule has 1 aromatic carbocycles. The van der Waals surface area contributed by atoms with Gasteiger partial charge < -0.3 is 23.8 Å². The molecule has 0 aliphatic carbocycles. The van der Waals surface area contributed by atoms with Crippen molar-refractivity contribution in [1.29, 1.82) is 0 Å². The largest absolute Gasteiger partial charge is 0.493 e. The van der Waals surface area contributed by atoms with Crippen molar-refractivity contribution in [2.45, 2.75) is 26.1 Å². The lowest BCUT2D eigenvalue weighted by molar-refractivity contribution is -0.0586. The normalized spacial score (nSPS) is 24.0.